The maximum Gasteiger partial charge on any atom is 0.191 e. The van der Waals surface area contributed by atoms with Crippen LogP contribution in [-0.4, -0.2) is 38.3 Å². The molecule has 0 radical (unpaired) electrons. The average molecular weight is 307 g/mol. The lowest BCUT2D eigenvalue weighted by molar-refractivity contribution is 0.146. The molecule has 2 N–H and O–H groups in total. The fraction of sp³-hybridized carbons (Fsp3) is 0.706. The lowest BCUT2D eigenvalue weighted by Gasteiger charge is -2.17. The molecule has 0 saturated heterocycles. The predicted octanol–water partition coefficient (Wildman–Crippen LogP) is 2.73. The number of furan rings is 1. The standard InChI is InChI=1S/C17H29N3O2/c1-2-21-13-6-11-18-17(20-15-7-3-4-8-15)19-12-10-16-9-5-14-22-16/h5,9,14-15H,2-4,6-8,10-13H2,1H3,(H2,18,19,20). The van der Waals surface area contributed by atoms with E-state index in [0.29, 0.717) is 6.04 Å². The van der Waals surface area contributed by atoms with Crippen LogP contribution in [-0.2, 0) is 11.2 Å². The van der Waals surface area contributed by atoms with Crippen molar-refractivity contribution in [3.05, 3.63) is 24.2 Å². The van der Waals surface area contributed by atoms with Gasteiger partial charge in [0.05, 0.1) is 6.26 Å². The molecule has 1 saturated carbocycles. The second-order valence-corrected chi connectivity index (χ2v) is 5.66. The van der Waals surface area contributed by atoms with Gasteiger partial charge in [0.2, 0.25) is 0 Å². The highest BCUT2D eigenvalue weighted by molar-refractivity contribution is 5.80. The Morgan fingerprint density at radius 3 is 3.00 bits per heavy atom. The van der Waals surface area contributed by atoms with Crippen molar-refractivity contribution in [2.45, 2.75) is 51.5 Å². The van der Waals surface area contributed by atoms with Gasteiger partial charge in [0.25, 0.3) is 0 Å². The summed E-state index contributed by atoms with van der Waals surface area (Å²) in [5.74, 6) is 1.93. The monoisotopic (exact) mass is 307 g/mol. The third kappa shape index (κ3) is 6.52. The first-order valence-electron chi connectivity index (χ1n) is 8.53. The van der Waals surface area contributed by atoms with Gasteiger partial charge in [0.15, 0.2) is 5.96 Å². The molecule has 5 nitrogen and oxygen atoms in total. The summed E-state index contributed by atoms with van der Waals surface area (Å²) >= 11 is 0. The summed E-state index contributed by atoms with van der Waals surface area (Å²) in [6.45, 7) is 5.20. The molecule has 1 heterocycles. The maximum absolute atomic E-state index is 5.36. The lowest BCUT2D eigenvalue weighted by atomic mass is 10.2. The second kappa shape index (κ2) is 10.3. The molecule has 0 bridgehead atoms. The van der Waals surface area contributed by atoms with E-state index in [4.69, 9.17) is 9.15 Å². The lowest BCUT2D eigenvalue weighted by Crippen LogP contribution is -2.43. The van der Waals surface area contributed by atoms with E-state index < -0.39 is 0 Å². The molecular weight excluding hydrogens is 278 g/mol. The van der Waals surface area contributed by atoms with Crippen LogP contribution in [0.25, 0.3) is 0 Å². The maximum atomic E-state index is 5.36. The minimum atomic E-state index is 0.571. The number of guanidine groups is 1. The quantitative estimate of drug-likeness (QED) is 0.418. The van der Waals surface area contributed by atoms with Gasteiger partial charge in [-0.15, -0.1) is 0 Å². The second-order valence-electron chi connectivity index (χ2n) is 5.66. The van der Waals surface area contributed by atoms with Crippen molar-refractivity contribution in [3.63, 3.8) is 0 Å². The summed E-state index contributed by atoms with van der Waals surface area (Å²) in [4.78, 5) is 4.66. The molecule has 1 aliphatic rings. The average Bonchev–Trinajstić information content (AvgIpc) is 3.20. The van der Waals surface area contributed by atoms with E-state index in [1.54, 1.807) is 6.26 Å². The molecule has 1 aliphatic carbocycles. The molecule has 0 aliphatic heterocycles. The Morgan fingerprint density at radius 1 is 1.41 bits per heavy atom. The minimum absolute atomic E-state index is 0.571. The Bertz CT molecular complexity index is 412. The normalized spacial score (nSPS) is 16.1. The number of hydrogen-bond donors (Lipinski definition) is 2. The van der Waals surface area contributed by atoms with Gasteiger partial charge in [-0.1, -0.05) is 12.8 Å². The van der Waals surface area contributed by atoms with E-state index in [2.05, 4.69) is 15.6 Å². The Hall–Kier alpha value is -1.49. The van der Waals surface area contributed by atoms with Crippen molar-refractivity contribution >= 4 is 5.96 Å². The summed E-state index contributed by atoms with van der Waals surface area (Å²) in [6, 6.07) is 4.50. The fourth-order valence-corrected chi connectivity index (χ4v) is 2.68. The van der Waals surface area contributed by atoms with Crippen molar-refractivity contribution in [2.24, 2.45) is 4.99 Å². The number of rotatable bonds is 9. The van der Waals surface area contributed by atoms with Crippen molar-refractivity contribution in [1.82, 2.24) is 10.6 Å². The Kier molecular flexibility index (Phi) is 7.88. The molecule has 1 aromatic heterocycles. The summed E-state index contributed by atoms with van der Waals surface area (Å²) in [7, 11) is 0. The van der Waals surface area contributed by atoms with Crippen LogP contribution in [0.5, 0.6) is 0 Å². The van der Waals surface area contributed by atoms with Crippen molar-refractivity contribution in [2.75, 3.05) is 26.3 Å². The molecule has 2 rings (SSSR count). The van der Waals surface area contributed by atoms with Gasteiger partial charge in [-0.2, -0.15) is 0 Å². The summed E-state index contributed by atoms with van der Waals surface area (Å²) < 4.78 is 10.7. The number of ether oxygens (including phenoxy) is 1. The molecular formula is C17H29N3O2. The molecule has 0 atom stereocenters. The SMILES string of the molecule is CCOCCCN=C(NCCc1ccco1)NC1CCCC1. The van der Waals surface area contributed by atoms with E-state index in [0.717, 1.165) is 50.9 Å². The van der Waals surface area contributed by atoms with Crippen molar-refractivity contribution in [3.8, 4) is 0 Å². The molecule has 0 aromatic carbocycles. The van der Waals surface area contributed by atoms with E-state index in [1.165, 1.54) is 25.7 Å². The van der Waals surface area contributed by atoms with Crippen LogP contribution in [0.3, 0.4) is 0 Å². The molecule has 1 fully saturated rings. The molecule has 22 heavy (non-hydrogen) atoms. The van der Waals surface area contributed by atoms with Crippen LogP contribution in [0.4, 0.5) is 0 Å². The first-order valence-corrected chi connectivity index (χ1v) is 8.53. The zero-order valence-electron chi connectivity index (χ0n) is 13.6. The number of hydrogen-bond acceptors (Lipinski definition) is 3. The van der Waals surface area contributed by atoms with Crippen LogP contribution in [0.2, 0.25) is 0 Å². The number of nitrogens with zero attached hydrogens (tertiary/aromatic N) is 1. The van der Waals surface area contributed by atoms with Crippen LogP contribution in [0.1, 0.15) is 44.8 Å². The summed E-state index contributed by atoms with van der Waals surface area (Å²) in [5, 5.41) is 6.97. The van der Waals surface area contributed by atoms with Crippen molar-refractivity contribution in [1.29, 1.82) is 0 Å². The van der Waals surface area contributed by atoms with Gasteiger partial charge in [-0.25, -0.2) is 0 Å². The van der Waals surface area contributed by atoms with Crippen molar-refractivity contribution < 1.29 is 9.15 Å². The van der Waals surface area contributed by atoms with Crippen LogP contribution in [0.15, 0.2) is 27.8 Å². The van der Waals surface area contributed by atoms with E-state index in [-0.39, 0.29) is 0 Å². The highest BCUT2D eigenvalue weighted by atomic mass is 16.5. The smallest absolute Gasteiger partial charge is 0.191 e. The Balaban J connectivity index is 1.73. The molecule has 0 amide bonds. The first-order chi connectivity index (χ1) is 10.9. The fourth-order valence-electron chi connectivity index (χ4n) is 2.68. The van der Waals surface area contributed by atoms with E-state index in [1.807, 2.05) is 19.1 Å². The van der Waals surface area contributed by atoms with Crippen LogP contribution >= 0.6 is 0 Å². The molecule has 1 aromatic rings. The van der Waals surface area contributed by atoms with Gasteiger partial charge >= 0.3 is 0 Å². The molecule has 124 valence electrons. The minimum Gasteiger partial charge on any atom is -0.469 e. The van der Waals surface area contributed by atoms with E-state index >= 15 is 0 Å². The molecule has 5 heteroatoms. The molecule has 0 unspecified atom stereocenters. The van der Waals surface area contributed by atoms with Crippen LogP contribution in [0, 0.1) is 0 Å². The summed E-state index contributed by atoms with van der Waals surface area (Å²) in [6.07, 6.45) is 8.69. The zero-order valence-corrected chi connectivity index (χ0v) is 13.6. The molecule has 0 spiro atoms. The third-order valence-electron chi connectivity index (χ3n) is 3.86. The van der Waals surface area contributed by atoms with Gasteiger partial charge in [-0.3, -0.25) is 4.99 Å². The third-order valence-corrected chi connectivity index (χ3v) is 3.86. The van der Waals surface area contributed by atoms with Gasteiger partial charge < -0.3 is 19.8 Å². The largest absolute Gasteiger partial charge is 0.469 e. The number of aliphatic imine (C=N–C) groups is 1. The number of nitrogens with one attached hydrogen (secondary N) is 2. The predicted molar refractivity (Wildman–Crippen MR) is 89.2 cm³/mol. The highest BCUT2D eigenvalue weighted by Gasteiger charge is 2.15. The summed E-state index contributed by atoms with van der Waals surface area (Å²) in [5.41, 5.74) is 0. The van der Waals surface area contributed by atoms with Gasteiger partial charge in [0, 0.05) is 38.8 Å². The first kappa shape index (κ1) is 16.9. The Morgan fingerprint density at radius 2 is 2.27 bits per heavy atom. The van der Waals surface area contributed by atoms with Gasteiger partial charge in [0.1, 0.15) is 5.76 Å². The van der Waals surface area contributed by atoms with Crippen LogP contribution < -0.4 is 10.6 Å². The van der Waals surface area contributed by atoms with E-state index in [9.17, 15) is 0 Å². The topological polar surface area (TPSA) is 58.8 Å². The zero-order chi connectivity index (χ0) is 15.5. The highest BCUT2D eigenvalue weighted by Crippen LogP contribution is 2.17. The van der Waals surface area contributed by atoms with Gasteiger partial charge in [-0.05, 0) is 38.3 Å². The Labute approximate surface area is 133 Å².